The minimum Gasteiger partial charge on any atom is -0.508 e. The third-order valence-corrected chi connectivity index (χ3v) is 3.23. The van der Waals surface area contributed by atoms with Gasteiger partial charge in [-0.3, -0.25) is 4.79 Å². The van der Waals surface area contributed by atoms with Crippen LogP contribution in [0, 0.1) is 6.92 Å². The summed E-state index contributed by atoms with van der Waals surface area (Å²) in [6.45, 7) is 3.79. The molecule has 0 aliphatic carbocycles. The van der Waals surface area contributed by atoms with Crippen LogP contribution < -0.4 is 5.43 Å². The second-order valence-corrected chi connectivity index (χ2v) is 4.92. The van der Waals surface area contributed by atoms with Crippen LogP contribution in [0.25, 0.3) is 0 Å². The first kappa shape index (κ1) is 15.6. The normalized spacial score (nSPS) is 11.3. The van der Waals surface area contributed by atoms with E-state index in [0.29, 0.717) is 23.3 Å². The Labute approximate surface area is 128 Å². The Morgan fingerprint density at radius 3 is 2.45 bits per heavy atom. The molecule has 5 heteroatoms. The molecule has 2 rings (SSSR count). The van der Waals surface area contributed by atoms with Crippen molar-refractivity contribution < 1.29 is 15.0 Å². The van der Waals surface area contributed by atoms with Crippen molar-refractivity contribution in [2.24, 2.45) is 5.10 Å². The monoisotopic (exact) mass is 298 g/mol. The number of hydrogen-bond acceptors (Lipinski definition) is 4. The van der Waals surface area contributed by atoms with Crippen LogP contribution in [0.1, 0.15) is 34.8 Å². The Morgan fingerprint density at radius 1 is 1.14 bits per heavy atom. The first-order chi connectivity index (χ1) is 10.5. The molecule has 0 spiro atoms. The number of carbonyl (C=O) groups is 1. The zero-order chi connectivity index (χ0) is 16.1. The molecule has 0 bridgehead atoms. The summed E-state index contributed by atoms with van der Waals surface area (Å²) in [5, 5.41) is 23.4. The van der Waals surface area contributed by atoms with Gasteiger partial charge in [0, 0.05) is 11.1 Å². The molecule has 0 atom stereocenters. The van der Waals surface area contributed by atoms with Crippen LogP contribution in [-0.4, -0.2) is 21.8 Å². The van der Waals surface area contributed by atoms with Crippen LogP contribution in [0.3, 0.4) is 0 Å². The highest BCUT2D eigenvalue weighted by molar-refractivity contribution is 6.04. The lowest BCUT2D eigenvalue weighted by atomic mass is 10.1. The predicted octanol–water partition coefficient (Wildman–Crippen LogP) is 2.95. The van der Waals surface area contributed by atoms with Crippen molar-refractivity contribution in [2.45, 2.75) is 20.3 Å². The molecule has 2 aromatic rings. The fraction of sp³-hybridized carbons (Fsp3) is 0.176. The maximum atomic E-state index is 12.0. The molecule has 5 nitrogen and oxygen atoms in total. The van der Waals surface area contributed by atoms with Gasteiger partial charge in [0.15, 0.2) is 0 Å². The first-order valence-electron chi connectivity index (χ1n) is 6.97. The number of phenols is 2. The third-order valence-electron chi connectivity index (χ3n) is 3.23. The van der Waals surface area contributed by atoms with Gasteiger partial charge in [-0.1, -0.05) is 24.6 Å². The highest BCUT2D eigenvalue weighted by atomic mass is 16.3. The number of hydrazone groups is 1. The van der Waals surface area contributed by atoms with E-state index in [0.717, 1.165) is 5.56 Å². The summed E-state index contributed by atoms with van der Waals surface area (Å²) in [6, 6.07) is 11.3. The summed E-state index contributed by atoms with van der Waals surface area (Å²) in [7, 11) is 0. The van der Waals surface area contributed by atoms with Gasteiger partial charge in [0.05, 0.1) is 5.71 Å². The summed E-state index contributed by atoms with van der Waals surface area (Å²) >= 11 is 0. The Kier molecular flexibility index (Phi) is 4.78. The molecular formula is C17H18N2O3. The highest BCUT2D eigenvalue weighted by Crippen LogP contribution is 2.23. The molecule has 114 valence electrons. The van der Waals surface area contributed by atoms with Crippen LogP contribution in [0.4, 0.5) is 0 Å². The van der Waals surface area contributed by atoms with Gasteiger partial charge in [0.25, 0.3) is 5.91 Å². The smallest absolute Gasteiger partial charge is 0.271 e. The lowest BCUT2D eigenvalue weighted by molar-refractivity contribution is 0.0955. The molecule has 0 saturated heterocycles. The quantitative estimate of drug-likeness (QED) is 0.461. The Morgan fingerprint density at radius 2 is 1.82 bits per heavy atom. The fourth-order valence-corrected chi connectivity index (χ4v) is 1.97. The average Bonchev–Trinajstić information content (AvgIpc) is 2.51. The second kappa shape index (κ2) is 6.76. The van der Waals surface area contributed by atoms with E-state index in [1.165, 1.54) is 18.2 Å². The molecule has 0 heterocycles. The average molecular weight is 298 g/mol. The van der Waals surface area contributed by atoms with E-state index >= 15 is 0 Å². The standard InChI is InChI=1S/C17H18N2O3/c1-3-15(14-10-13(20)8-9-16(14)21)18-19-17(22)12-6-4-11(2)5-7-12/h4-10,20-21H,3H2,1-2H3,(H,19,22)/b18-15+. The van der Waals surface area contributed by atoms with Crippen molar-refractivity contribution in [1.29, 1.82) is 0 Å². The first-order valence-corrected chi connectivity index (χ1v) is 6.97. The zero-order valence-corrected chi connectivity index (χ0v) is 12.5. The van der Waals surface area contributed by atoms with E-state index in [9.17, 15) is 15.0 Å². The zero-order valence-electron chi connectivity index (χ0n) is 12.5. The van der Waals surface area contributed by atoms with Crippen molar-refractivity contribution in [2.75, 3.05) is 0 Å². The van der Waals surface area contributed by atoms with Crippen molar-refractivity contribution in [3.8, 4) is 11.5 Å². The number of phenolic OH excluding ortho intramolecular Hbond substituents is 2. The van der Waals surface area contributed by atoms with Crippen LogP contribution >= 0.6 is 0 Å². The van der Waals surface area contributed by atoms with Gasteiger partial charge in [-0.05, 0) is 43.7 Å². The van der Waals surface area contributed by atoms with Gasteiger partial charge in [-0.2, -0.15) is 5.10 Å². The van der Waals surface area contributed by atoms with E-state index in [2.05, 4.69) is 10.5 Å². The molecule has 22 heavy (non-hydrogen) atoms. The summed E-state index contributed by atoms with van der Waals surface area (Å²) in [5.74, 6) is -0.299. The summed E-state index contributed by atoms with van der Waals surface area (Å²) in [5.41, 5.74) is 4.92. The molecular weight excluding hydrogens is 280 g/mol. The van der Waals surface area contributed by atoms with Gasteiger partial charge in [0.2, 0.25) is 0 Å². The summed E-state index contributed by atoms with van der Waals surface area (Å²) in [6.07, 6.45) is 0.491. The number of amides is 1. The largest absolute Gasteiger partial charge is 0.508 e. The molecule has 0 aliphatic heterocycles. The molecule has 1 amide bonds. The SMILES string of the molecule is CC/C(=N\NC(=O)c1ccc(C)cc1)c1cc(O)ccc1O. The van der Waals surface area contributed by atoms with Gasteiger partial charge in [-0.15, -0.1) is 0 Å². The third kappa shape index (κ3) is 3.63. The van der Waals surface area contributed by atoms with E-state index < -0.39 is 0 Å². The van der Waals surface area contributed by atoms with Gasteiger partial charge in [0.1, 0.15) is 11.5 Å². The minimum atomic E-state index is -0.328. The number of nitrogens with zero attached hydrogens (tertiary/aromatic N) is 1. The fourth-order valence-electron chi connectivity index (χ4n) is 1.97. The molecule has 0 unspecified atom stereocenters. The summed E-state index contributed by atoms with van der Waals surface area (Å²) < 4.78 is 0. The summed E-state index contributed by atoms with van der Waals surface area (Å²) in [4.78, 5) is 12.0. The number of nitrogens with one attached hydrogen (secondary N) is 1. The molecule has 3 N–H and O–H groups in total. The number of rotatable bonds is 4. The van der Waals surface area contributed by atoms with Crippen LogP contribution in [0.5, 0.6) is 11.5 Å². The Balaban J connectivity index is 2.20. The van der Waals surface area contributed by atoms with Crippen molar-refractivity contribution in [1.82, 2.24) is 5.43 Å². The van der Waals surface area contributed by atoms with Gasteiger partial charge in [-0.25, -0.2) is 5.43 Å². The second-order valence-electron chi connectivity index (χ2n) is 4.92. The highest BCUT2D eigenvalue weighted by Gasteiger charge is 2.10. The van der Waals surface area contributed by atoms with Crippen molar-refractivity contribution in [3.05, 3.63) is 59.2 Å². The molecule has 0 radical (unpaired) electrons. The predicted molar refractivity (Wildman–Crippen MR) is 85.2 cm³/mol. The van der Waals surface area contributed by atoms with Gasteiger partial charge < -0.3 is 10.2 Å². The van der Waals surface area contributed by atoms with Crippen LogP contribution in [0.2, 0.25) is 0 Å². The topological polar surface area (TPSA) is 81.9 Å². The Hall–Kier alpha value is -2.82. The molecule has 0 saturated carbocycles. The number of aromatic hydroxyl groups is 2. The molecule has 0 aromatic heterocycles. The minimum absolute atomic E-state index is 0.00276. The van der Waals surface area contributed by atoms with E-state index in [1.54, 1.807) is 12.1 Å². The number of carbonyl (C=O) groups excluding carboxylic acids is 1. The van der Waals surface area contributed by atoms with Gasteiger partial charge >= 0.3 is 0 Å². The lowest BCUT2D eigenvalue weighted by Gasteiger charge is -2.08. The Bertz CT molecular complexity index is 706. The lowest BCUT2D eigenvalue weighted by Crippen LogP contribution is -2.20. The van der Waals surface area contributed by atoms with Crippen LogP contribution in [0.15, 0.2) is 47.6 Å². The van der Waals surface area contributed by atoms with Crippen LogP contribution in [-0.2, 0) is 0 Å². The van der Waals surface area contributed by atoms with E-state index in [4.69, 9.17) is 0 Å². The van der Waals surface area contributed by atoms with Crippen molar-refractivity contribution >= 4 is 11.6 Å². The number of aryl methyl sites for hydroxylation is 1. The molecule has 0 aliphatic rings. The molecule has 0 fully saturated rings. The maximum Gasteiger partial charge on any atom is 0.271 e. The maximum absolute atomic E-state index is 12.0. The van der Waals surface area contributed by atoms with Crippen molar-refractivity contribution in [3.63, 3.8) is 0 Å². The van der Waals surface area contributed by atoms with E-state index in [1.807, 2.05) is 26.0 Å². The molecule has 2 aromatic carbocycles. The van der Waals surface area contributed by atoms with E-state index in [-0.39, 0.29) is 17.4 Å². The number of hydrogen-bond donors (Lipinski definition) is 3. The number of benzene rings is 2.